The van der Waals surface area contributed by atoms with E-state index in [2.05, 4.69) is 42.5 Å². The van der Waals surface area contributed by atoms with E-state index in [1.54, 1.807) is 18.2 Å². The van der Waals surface area contributed by atoms with Crippen LogP contribution in [0.15, 0.2) is 27.1 Å². The van der Waals surface area contributed by atoms with E-state index in [-0.39, 0.29) is 0 Å². The lowest BCUT2D eigenvalue weighted by molar-refractivity contribution is -0.119. The number of imide groups is 1. The molecule has 0 aliphatic carbocycles. The minimum Gasteiger partial charge on any atom is -0.307 e. The molecule has 0 saturated carbocycles. The van der Waals surface area contributed by atoms with Gasteiger partial charge in [-0.1, -0.05) is 15.9 Å². The summed E-state index contributed by atoms with van der Waals surface area (Å²) in [5.41, 5.74) is 0.556. The van der Waals surface area contributed by atoms with Gasteiger partial charge in [-0.3, -0.25) is 10.1 Å². The summed E-state index contributed by atoms with van der Waals surface area (Å²) in [6, 6.07) is 4.63. The van der Waals surface area contributed by atoms with Crippen LogP contribution in [0.4, 0.5) is 10.5 Å². The minimum atomic E-state index is -0.755. The molecule has 17 heavy (non-hydrogen) atoms. The van der Waals surface area contributed by atoms with Crippen LogP contribution in [0.1, 0.15) is 6.92 Å². The van der Waals surface area contributed by atoms with Crippen LogP contribution >= 0.6 is 43.5 Å². The zero-order valence-corrected chi connectivity index (χ0v) is 12.7. The quantitative estimate of drug-likeness (QED) is 0.767. The number of amides is 3. The Balaban J connectivity index is 2.65. The Kier molecular flexibility index (Phi) is 5.42. The van der Waals surface area contributed by atoms with Gasteiger partial charge in [-0.15, -0.1) is 11.6 Å². The minimum absolute atomic E-state index is 0.544. The highest BCUT2D eigenvalue weighted by Gasteiger charge is 2.13. The molecule has 1 atom stereocenters. The molecule has 0 heterocycles. The van der Waals surface area contributed by atoms with Gasteiger partial charge in [-0.2, -0.15) is 0 Å². The largest absolute Gasteiger partial charge is 0.325 e. The predicted octanol–water partition coefficient (Wildman–Crippen LogP) is 3.49. The summed E-state index contributed by atoms with van der Waals surface area (Å²) >= 11 is 12.1. The first-order chi connectivity index (χ1) is 7.90. The molecule has 0 aliphatic rings. The monoisotopic (exact) mass is 382 g/mol. The third kappa shape index (κ3) is 4.65. The number of hydrogen-bond acceptors (Lipinski definition) is 2. The fourth-order valence-electron chi connectivity index (χ4n) is 0.956. The molecular weight excluding hydrogens is 375 g/mol. The van der Waals surface area contributed by atoms with E-state index in [0.29, 0.717) is 10.2 Å². The molecule has 1 rings (SSSR count). The van der Waals surface area contributed by atoms with Gasteiger partial charge in [0.1, 0.15) is 5.38 Å². The van der Waals surface area contributed by atoms with Gasteiger partial charge in [-0.05, 0) is 41.1 Å². The van der Waals surface area contributed by atoms with Gasteiger partial charge in [-0.25, -0.2) is 4.79 Å². The van der Waals surface area contributed by atoms with Gasteiger partial charge in [0, 0.05) is 8.95 Å². The Hall–Kier alpha value is -0.590. The molecule has 0 aromatic heterocycles. The van der Waals surface area contributed by atoms with E-state index in [9.17, 15) is 9.59 Å². The molecule has 1 aromatic carbocycles. The highest BCUT2D eigenvalue weighted by molar-refractivity contribution is 9.11. The zero-order chi connectivity index (χ0) is 13.0. The third-order valence-corrected chi connectivity index (χ3v) is 3.12. The molecule has 0 spiro atoms. The molecule has 0 aliphatic heterocycles. The molecular formula is C10H9Br2ClN2O2. The number of carbonyl (C=O) groups is 2. The number of anilines is 1. The normalized spacial score (nSPS) is 11.8. The summed E-state index contributed by atoms with van der Waals surface area (Å²) in [6.45, 7) is 1.49. The number of halogens is 3. The van der Waals surface area contributed by atoms with Gasteiger partial charge in [0.25, 0.3) is 0 Å². The summed E-state index contributed by atoms with van der Waals surface area (Å²) in [4.78, 5) is 22.6. The maximum atomic E-state index is 11.4. The highest BCUT2D eigenvalue weighted by Crippen LogP contribution is 2.25. The number of nitrogens with one attached hydrogen (secondary N) is 2. The molecule has 0 radical (unpaired) electrons. The molecule has 0 bridgehead atoms. The topological polar surface area (TPSA) is 58.2 Å². The van der Waals surface area contributed by atoms with Crippen molar-refractivity contribution < 1.29 is 9.59 Å². The van der Waals surface area contributed by atoms with Crippen molar-refractivity contribution in [3.8, 4) is 0 Å². The molecule has 1 aromatic rings. The fourth-order valence-corrected chi connectivity index (χ4v) is 2.16. The second kappa shape index (κ2) is 6.37. The molecule has 4 nitrogen and oxygen atoms in total. The van der Waals surface area contributed by atoms with Gasteiger partial charge in [0.2, 0.25) is 5.91 Å². The summed E-state index contributed by atoms with van der Waals surface area (Å²) in [6.07, 6.45) is 0. The Morgan fingerprint density at radius 2 is 2.00 bits per heavy atom. The summed E-state index contributed by atoms with van der Waals surface area (Å²) < 4.78 is 1.58. The Morgan fingerprint density at radius 1 is 1.35 bits per heavy atom. The van der Waals surface area contributed by atoms with Gasteiger partial charge in [0.05, 0.1) is 5.69 Å². The van der Waals surface area contributed by atoms with Crippen LogP contribution in [-0.2, 0) is 4.79 Å². The molecule has 92 valence electrons. The second-order valence-electron chi connectivity index (χ2n) is 3.18. The SMILES string of the molecule is CC(Cl)C(=O)NC(=O)Nc1ccc(Br)cc1Br. The average molecular weight is 384 g/mol. The zero-order valence-electron chi connectivity index (χ0n) is 8.76. The fraction of sp³-hybridized carbons (Fsp3) is 0.200. The number of urea groups is 1. The van der Waals surface area contributed by atoms with E-state index < -0.39 is 17.3 Å². The van der Waals surface area contributed by atoms with Crippen LogP contribution in [0, 0.1) is 0 Å². The van der Waals surface area contributed by atoms with E-state index >= 15 is 0 Å². The van der Waals surface area contributed by atoms with Crippen molar-refractivity contribution in [3.05, 3.63) is 27.1 Å². The lowest BCUT2D eigenvalue weighted by Gasteiger charge is -2.09. The maximum absolute atomic E-state index is 11.4. The van der Waals surface area contributed by atoms with Crippen LogP contribution in [-0.4, -0.2) is 17.3 Å². The summed E-state index contributed by atoms with van der Waals surface area (Å²) in [7, 11) is 0. The first-order valence-electron chi connectivity index (χ1n) is 4.61. The van der Waals surface area contributed by atoms with E-state index in [1.165, 1.54) is 6.92 Å². The Labute approximate surface area is 120 Å². The van der Waals surface area contributed by atoms with Crippen molar-refractivity contribution in [2.24, 2.45) is 0 Å². The van der Waals surface area contributed by atoms with Crippen LogP contribution < -0.4 is 10.6 Å². The predicted molar refractivity (Wildman–Crippen MR) is 74.3 cm³/mol. The average Bonchev–Trinajstić information content (AvgIpc) is 2.22. The number of benzene rings is 1. The standard InChI is InChI=1S/C10H9Br2ClN2O2/c1-5(13)9(16)15-10(17)14-8-3-2-6(11)4-7(8)12/h2-5H,1H3,(H2,14,15,16,17). The smallest absolute Gasteiger partial charge is 0.307 e. The van der Waals surface area contributed by atoms with Crippen molar-refractivity contribution in [2.45, 2.75) is 12.3 Å². The lowest BCUT2D eigenvalue weighted by atomic mass is 10.3. The first-order valence-corrected chi connectivity index (χ1v) is 6.63. The summed E-state index contributed by atoms with van der Waals surface area (Å²) in [5.74, 6) is -0.544. The summed E-state index contributed by atoms with van der Waals surface area (Å²) in [5, 5.41) is 3.89. The number of hydrogen-bond donors (Lipinski definition) is 2. The van der Waals surface area contributed by atoms with Crippen molar-refractivity contribution in [2.75, 3.05) is 5.32 Å². The molecule has 0 saturated heterocycles. The molecule has 0 fully saturated rings. The Bertz CT molecular complexity index is 452. The van der Waals surface area contributed by atoms with Crippen LogP contribution in [0.2, 0.25) is 0 Å². The van der Waals surface area contributed by atoms with Gasteiger partial charge in [0.15, 0.2) is 0 Å². The third-order valence-electron chi connectivity index (χ3n) is 1.78. The highest BCUT2D eigenvalue weighted by atomic mass is 79.9. The van der Waals surface area contributed by atoms with Gasteiger partial charge < -0.3 is 5.32 Å². The number of rotatable bonds is 2. The second-order valence-corrected chi connectivity index (χ2v) is 5.61. The maximum Gasteiger partial charge on any atom is 0.325 e. The van der Waals surface area contributed by atoms with E-state index in [1.807, 2.05) is 0 Å². The number of carbonyl (C=O) groups excluding carboxylic acids is 2. The van der Waals surface area contributed by atoms with Crippen molar-refractivity contribution >= 4 is 61.1 Å². The lowest BCUT2D eigenvalue weighted by Crippen LogP contribution is -2.38. The van der Waals surface area contributed by atoms with Crippen LogP contribution in [0.5, 0.6) is 0 Å². The van der Waals surface area contributed by atoms with Crippen molar-refractivity contribution in [1.82, 2.24) is 5.32 Å². The van der Waals surface area contributed by atoms with Crippen LogP contribution in [0.3, 0.4) is 0 Å². The van der Waals surface area contributed by atoms with Crippen molar-refractivity contribution in [1.29, 1.82) is 0 Å². The Morgan fingerprint density at radius 3 is 2.53 bits per heavy atom. The number of alkyl halides is 1. The molecule has 3 amide bonds. The van der Waals surface area contributed by atoms with E-state index in [0.717, 1.165) is 4.47 Å². The first kappa shape index (κ1) is 14.5. The van der Waals surface area contributed by atoms with Crippen molar-refractivity contribution in [3.63, 3.8) is 0 Å². The van der Waals surface area contributed by atoms with Crippen LogP contribution in [0.25, 0.3) is 0 Å². The molecule has 1 unspecified atom stereocenters. The van der Waals surface area contributed by atoms with E-state index in [4.69, 9.17) is 11.6 Å². The molecule has 7 heteroatoms. The van der Waals surface area contributed by atoms with Gasteiger partial charge >= 0.3 is 6.03 Å². The molecule has 2 N–H and O–H groups in total.